The minimum absolute atomic E-state index is 0.00744. The fourth-order valence-corrected chi connectivity index (χ4v) is 2.25. The van der Waals surface area contributed by atoms with E-state index >= 15 is 0 Å². The average molecular weight is 346 g/mol. The second-order valence-electron chi connectivity index (χ2n) is 5.60. The lowest BCUT2D eigenvalue weighted by Crippen LogP contribution is -2.49. The summed E-state index contributed by atoms with van der Waals surface area (Å²) >= 11 is 3.21. The summed E-state index contributed by atoms with van der Waals surface area (Å²) < 4.78 is 0.744. The molecule has 1 aliphatic heterocycles. The van der Waals surface area contributed by atoms with Crippen molar-refractivity contribution in [1.29, 1.82) is 0 Å². The molecule has 0 saturated carbocycles. The van der Waals surface area contributed by atoms with Crippen LogP contribution in [0.4, 0.5) is 4.79 Å². The van der Waals surface area contributed by atoms with Gasteiger partial charge in [-0.3, -0.25) is 4.79 Å². The van der Waals surface area contributed by atoms with Crippen molar-refractivity contribution >= 4 is 27.9 Å². The maximum atomic E-state index is 12.0. The Morgan fingerprint density at radius 3 is 2.70 bits per heavy atom. The normalized spacial score (nSPS) is 18.8. The van der Waals surface area contributed by atoms with Gasteiger partial charge in [-0.15, -0.1) is 0 Å². The van der Waals surface area contributed by atoms with Gasteiger partial charge in [-0.05, 0) is 18.8 Å². The van der Waals surface area contributed by atoms with Gasteiger partial charge in [0.2, 0.25) is 5.91 Å². The topological polar surface area (TPSA) is 61.4 Å². The third-order valence-electron chi connectivity index (χ3n) is 3.20. The van der Waals surface area contributed by atoms with Crippen LogP contribution in [0.5, 0.6) is 0 Å². The molecule has 3 amide bonds. The zero-order valence-corrected chi connectivity index (χ0v) is 13.8. The molecule has 1 aliphatic rings. The van der Waals surface area contributed by atoms with Gasteiger partial charge in [-0.25, -0.2) is 4.79 Å². The first-order chi connectivity index (χ1) is 9.40. The number of hydrogen-bond donors (Lipinski definition) is 2. The predicted molar refractivity (Wildman–Crippen MR) is 83.6 cm³/mol. The van der Waals surface area contributed by atoms with E-state index in [1.165, 1.54) is 0 Å². The summed E-state index contributed by atoms with van der Waals surface area (Å²) in [6, 6.07) is -0.0684. The van der Waals surface area contributed by atoms with Crippen molar-refractivity contribution < 1.29 is 9.59 Å². The average Bonchev–Trinajstić information content (AvgIpc) is 2.42. The largest absolute Gasteiger partial charge is 0.351 e. The molecule has 0 aliphatic carbocycles. The Balaban J connectivity index is 2.43. The second kappa shape index (κ2) is 8.29. The van der Waals surface area contributed by atoms with E-state index in [4.69, 9.17) is 0 Å². The number of urea groups is 1. The Hall–Kier alpha value is -1.04. The summed E-state index contributed by atoms with van der Waals surface area (Å²) in [5, 5.41) is 5.71. The van der Waals surface area contributed by atoms with Gasteiger partial charge < -0.3 is 15.5 Å². The minimum atomic E-state index is -0.125. The summed E-state index contributed by atoms with van der Waals surface area (Å²) in [6.07, 6.45) is 1.69. The van der Waals surface area contributed by atoms with Crippen LogP contribution in [0.15, 0.2) is 11.1 Å². The molecule has 0 unspecified atom stereocenters. The minimum Gasteiger partial charge on any atom is -0.351 e. The zero-order chi connectivity index (χ0) is 15.1. The number of nitrogens with zero attached hydrogens (tertiary/aromatic N) is 1. The van der Waals surface area contributed by atoms with E-state index < -0.39 is 0 Å². The standard InChI is InChI=1S/C14H24BrN3O2/c1-10(2)7-17-14(20)18-6-4-5-12(9-18)13(19)16-8-11(3)15/h10,12H,3-9H2,1-2H3,(H,16,19)(H,17,20)/t12-/m0/s1. The van der Waals surface area contributed by atoms with Crippen molar-refractivity contribution in [3.05, 3.63) is 11.1 Å². The van der Waals surface area contributed by atoms with Gasteiger partial charge in [0.25, 0.3) is 0 Å². The molecule has 0 aromatic rings. The molecular formula is C14H24BrN3O2. The lowest BCUT2D eigenvalue weighted by Gasteiger charge is -2.32. The highest BCUT2D eigenvalue weighted by atomic mass is 79.9. The molecule has 1 rings (SSSR count). The van der Waals surface area contributed by atoms with Crippen LogP contribution in [0, 0.1) is 11.8 Å². The smallest absolute Gasteiger partial charge is 0.317 e. The fraction of sp³-hybridized carbons (Fsp3) is 0.714. The maximum Gasteiger partial charge on any atom is 0.317 e. The molecule has 0 radical (unpaired) electrons. The highest BCUT2D eigenvalue weighted by Gasteiger charge is 2.28. The van der Waals surface area contributed by atoms with Crippen LogP contribution in [-0.2, 0) is 4.79 Å². The Labute approximate surface area is 129 Å². The zero-order valence-electron chi connectivity index (χ0n) is 12.2. The molecule has 114 valence electrons. The molecule has 2 N–H and O–H groups in total. The number of carbonyl (C=O) groups excluding carboxylic acids is 2. The summed E-state index contributed by atoms with van der Waals surface area (Å²) in [5.41, 5.74) is 0. The first-order valence-electron chi connectivity index (χ1n) is 7.04. The number of rotatable bonds is 5. The number of carbonyl (C=O) groups is 2. The van der Waals surface area contributed by atoms with E-state index in [9.17, 15) is 9.59 Å². The molecule has 6 heteroatoms. The molecule has 1 atom stereocenters. The quantitative estimate of drug-likeness (QED) is 0.801. The van der Waals surface area contributed by atoms with E-state index in [-0.39, 0.29) is 17.9 Å². The van der Waals surface area contributed by atoms with Crippen molar-refractivity contribution in [1.82, 2.24) is 15.5 Å². The Morgan fingerprint density at radius 1 is 1.40 bits per heavy atom. The van der Waals surface area contributed by atoms with Crippen LogP contribution in [-0.4, -0.2) is 43.0 Å². The van der Waals surface area contributed by atoms with Gasteiger partial charge in [-0.2, -0.15) is 0 Å². The van der Waals surface area contributed by atoms with Gasteiger partial charge in [0.1, 0.15) is 0 Å². The third-order valence-corrected chi connectivity index (χ3v) is 3.48. The number of halogens is 1. The number of likely N-dealkylation sites (tertiary alicyclic amines) is 1. The van der Waals surface area contributed by atoms with Gasteiger partial charge in [0.05, 0.1) is 5.92 Å². The molecule has 1 heterocycles. The van der Waals surface area contributed by atoms with Crippen LogP contribution in [0.25, 0.3) is 0 Å². The molecule has 1 fully saturated rings. The van der Waals surface area contributed by atoms with E-state index in [1.807, 2.05) is 0 Å². The molecule has 0 spiro atoms. The molecule has 1 saturated heterocycles. The van der Waals surface area contributed by atoms with Crippen molar-refractivity contribution in [3.63, 3.8) is 0 Å². The summed E-state index contributed by atoms with van der Waals surface area (Å²) in [6.45, 7) is 10.1. The lowest BCUT2D eigenvalue weighted by molar-refractivity contribution is -0.126. The van der Waals surface area contributed by atoms with Crippen LogP contribution >= 0.6 is 15.9 Å². The Morgan fingerprint density at radius 2 is 2.10 bits per heavy atom. The van der Waals surface area contributed by atoms with Crippen LogP contribution in [0.1, 0.15) is 26.7 Å². The van der Waals surface area contributed by atoms with Gasteiger partial charge in [0.15, 0.2) is 0 Å². The van der Waals surface area contributed by atoms with Crippen molar-refractivity contribution in [3.8, 4) is 0 Å². The summed E-state index contributed by atoms with van der Waals surface area (Å²) in [4.78, 5) is 25.7. The number of nitrogens with one attached hydrogen (secondary N) is 2. The lowest BCUT2D eigenvalue weighted by atomic mass is 9.97. The monoisotopic (exact) mass is 345 g/mol. The van der Waals surface area contributed by atoms with Crippen LogP contribution in [0.3, 0.4) is 0 Å². The Bertz CT molecular complexity index is 371. The van der Waals surface area contributed by atoms with E-state index in [1.54, 1.807) is 4.90 Å². The van der Waals surface area contributed by atoms with Gasteiger partial charge >= 0.3 is 6.03 Å². The first kappa shape index (κ1) is 17.0. The van der Waals surface area contributed by atoms with Crippen molar-refractivity contribution in [2.24, 2.45) is 11.8 Å². The first-order valence-corrected chi connectivity index (χ1v) is 7.83. The van der Waals surface area contributed by atoms with Crippen molar-refractivity contribution in [2.45, 2.75) is 26.7 Å². The maximum absolute atomic E-state index is 12.0. The van der Waals surface area contributed by atoms with Crippen molar-refractivity contribution in [2.75, 3.05) is 26.2 Å². The molecule has 0 bridgehead atoms. The third kappa shape index (κ3) is 5.94. The Kier molecular flexibility index (Phi) is 7.05. The number of piperidine rings is 1. The van der Waals surface area contributed by atoms with Gasteiger partial charge in [-0.1, -0.05) is 36.4 Å². The van der Waals surface area contributed by atoms with E-state index in [2.05, 4.69) is 47.0 Å². The molecule has 0 aromatic carbocycles. The fourth-order valence-electron chi connectivity index (χ4n) is 2.11. The van der Waals surface area contributed by atoms with E-state index in [0.29, 0.717) is 25.6 Å². The summed E-state index contributed by atoms with van der Waals surface area (Å²) in [5.74, 6) is 0.292. The second-order valence-corrected chi connectivity index (χ2v) is 6.72. The molecule has 20 heavy (non-hydrogen) atoms. The van der Waals surface area contributed by atoms with Crippen LogP contribution < -0.4 is 10.6 Å². The SMILES string of the molecule is C=C(Br)CNC(=O)[C@H]1CCCN(C(=O)NCC(C)C)C1. The summed E-state index contributed by atoms with van der Waals surface area (Å²) in [7, 11) is 0. The van der Waals surface area contributed by atoms with Crippen LogP contribution in [0.2, 0.25) is 0 Å². The predicted octanol–water partition coefficient (Wildman–Crippen LogP) is 2.09. The number of amides is 3. The van der Waals surface area contributed by atoms with E-state index in [0.717, 1.165) is 23.9 Å². The highest BCUT2D eigenvalue weighted by Crippen LogP contribution is 2.17. The molecular weight excluding hydrogens is 322 g/mol. The molecule has 5 nitrogen and oxygen atoms in total. The molecule has 0 aromatic heterocycles. The number of hydrogen-bond acceptors (Lipinski definition) is 2. The highest BCUT2D eigenvalue weighted by molar-refractivity contribution is 9.11. The van der Waals surface area contributed by atoms with Gasteiger partial charge in [0, 0.05) is 30.7 Å².